The van der Waals surface area contributed by atoms with Crippen molar-refractivity contribution in [2.45, 2.75) is 61.3 Å². The van der Waals surface area contributed by atoms with Gasteiger partial charge in [0.1, 0.15) is 0 Å². The van der Waals surface area contributed by atoms with Gasteiger partial charge in [-0.05, 0) is 71.8 Å². The summed E-state index contributed by atoms with van der Waals surface area (Å²) >= 11 is 23.8. The molecule has 4 fully saturated rings. The Labute approximate surface area is 316 Å². The Balaban J connectivity index is 0.000000162. The zero-order valence-electron chi connectivity index (χ0n) is 26.8. The monoisotopic (exact) mass is 792 g/mol. The first-order chi connectivity index (χ1) is 24.9. The highest BCUT2D eigenvalue weighted by molar-refractivity contribution is 6.42. The van der Waals surface area contributed by atoms with E-state index in [9.17, 15) is 28.6 Å². The molecule has 0 unspecified atom stereocenters. The largest absolute Gasteiger partial charge is 0.390 e. The Bertz CT molecular complexity index is 1870. The lowest BCUT2D eigenvalue weighted by molar-refractivity contribution is -0.122. The summed E-state index contributed by atoms with van der Waals surface area (Å²) in [5.41, 5.74) is 2.18. The minimum atomic E-state index is -0.685. The second-order valence-corrected chi connectivity index (χ2v) is 14.7. The maximum absolute atomic E-state index is 13.6. The van der Waals surface area contributed by atoms with Crippen LogP contribution < -0.4 is 10.6 Å². The average Bonchev–Trinajstić information content (AvgIpc) is 3.87. The number of halogens is 6. The first-order valence-electron chi connectivity index (χ1n) is 16.3. The van der Waals surface area contributed by atoms with Crippen molar-refractivity contribution in [1.29, 1.82) is 0 Å². The molecule has 0 saturated carbocycles. The first-order valence-corrected chi connectivity index (χ1v) is 17.8. The van der Waals surface area contributed by atoms with Crippen molar-refractivity contribution in [3.63, 3.8) is 0 Å². The molecule has 4 bridgehead atoms. The maximum atomic E-state index is 13.6. The summed E-state index contributed by atoms with van der Waals surface area (Å²) in [6, 6.07) is 15.5. The summed E-state index contributed by atoms with van der Waals surface area (Å²) in [5, 5.41) is 27.4. The van der Waals surface area contributed by atoms with E-state index in [-0.39, 0.29) is 11.8 Å². The van der Waals surface area contributed by atoms with Gasteiger partial charge in [-0.3, -0.25) is 9.59 Å². The molecule has 0 aliphatic carbocycles. The molecule has 0 radical (unpaired) electrons. The predicted molar refractivity (Wildman–Crippen MR) is 190 cm³/mol. The number of amides is 2. The van der Waals surface area contributed by atoms with Gasteiger partial charge in [-0.15, -0.1) is 0 Å². The number of pyridine rings is 2. The zero-order valence-corrected chi connectivity index (χ0v) is 29.8. The van der Waals surface area contributed by atoms with Gasteiger partial charge < -0.3 is 30.3 Å². The first kappa shape index (κ1) is 36.9. The van der Waals surface area contributed by atoms with E-state index in [4.69, 9.17) is 55.9 Å². The quantitative estimate of drug-likeness (QED) is 0.156. The summed E-state index contributed by atoms with van der Waals surface area (Å²) in [6.45, 7) is 0. The molecular formula is C36H30Cl4F2N4O6. The molecule has 10 atom stereocenters. The fourth-order valence-corrected chi connectivity index (χ4v) is 8.32. The van der Waals surface area contributed by atoms with E-state index in [1.165, 1.54) is 24.5 Å². The number of aromatic nitrogens is 2. The Kier molecular flexibility index (Phi) is 10.7. The lowest BCUT2D eigenvalue weighted by atomic mass is 9.74. The third kappa shape index (κ3) is 7.36. The molecule has 8 rings (SSSR count). The van der Waals surface area contributed by atoms with E-state index in [1.807, 2.05) is 0 Å². The number of aliphatic hydroxyl groups excluding tert-OH is 2. The van der Waals surface area contributed by atoms with Crippen molar-refractivity contribution in [2.75, 3.05) is 10.6 Å². The van der Waals surface area contributed by atoms with Crippen LogP contribution in [0.1, 0.15) is 35.8 Å². The van der Waals surface area contributed by atoms with Crippen LogP contribution in [-0.2, 0) is 19.1 Å². The van der Waals surface area contributed by atoms with E-state index < -0.39 is 72.2 Å². The van der Waals surface area contributed by atoms with Gasteiger partial charge in [0.2, 0.25) is 23.7 Å². The minimum absolute atomic E-state index is 0.273. The fourth-order valence-electron chi connectivity index (χ4n) is 7.73. The SMILES string of the molecule is O=C(Nc1ccc(Cl)c(Cl)c1)[C@@H]1[C@@H](c2ccnc(F)c2)[C@H]2O[C@@H]1C[C@@H]2O.O=C(Nc1ccc(Cl)c(Cl)c1)[C@H]1[C@H](c2ccnc(F)c2)[C@@H]2O[C@H]1C[C@H]2O. The highest BCUT2D eigenvalue weighted by Crippen LogP contribution is 2.50. The molecule has 4 saturated heterocycles. The molecule has 4 aliphatic rings. The molecule has 4 aliphatic heterocycles. The van der Waals surface area contributed by atoms with Gasteiger partial charge in [-0.25, -0.2) is 9.97 Å². The molecular weight excluding hydrogens is 764 g/mol. The van der Waals surface area contributed by atoms with Crippen LogP contribution >= 0.6 is 46.4 Å². The minimum Gasteiger partial charge on any atom is -0.390 e. The van der Waals surface area contributed by atoms with Crippen LogP contribution in [0.3, 0.4) is 0 Å². The van der Waals surface area contributed by atoms with Crippen molar-refractivity contribution in [3.8, 4) is 0 Å². The van der Waals surface area contributed by atoms with Crippen LogP contribution in [-0.4, -0.2) is 68.6 Å². The smallest absolute Gasteiger partial charge is 0.230 e. The van der Waals surface area contributed by atoms with E-state index in [2.05, 4.69) is 20.6 Å². The van der Waals surface area contributed by atoms with E-state index in [0.717, 1.165) is 0 Å². The Morgan fingerprint density at radius 2 is 1.04 bits per heavy atom. The number of aliphatic hydroxyl groups is 2. The van der Waals surface area contributed by atoms with Crippen molar-refractivity contribution in [1.82, 2.24) is 9.97 Å². The Hall–Kier alpha value is -3.46. The summed E-state index contributed by atoms with van der Waals surface area (Å²) < 4.78 is 38.8. The van der Waals surface area contributed by atoms with Crippen molar-refractivity contribution in [2.24, 2.45) is 11.8 Å². The normalized spacial score (nSPS) is 29.8. The van der Waals surface area contributed by atoms with Crippen molar-refractivity contribution < 1.29 is 38.1 Å². The number of carbonyl (C=O) groups excluding carboxylic acids is 2. The third-order valence-corrected chi connectivity index (χ3v) is 11.4. The number of nitrogens with one attached hydrogen (secondary N) is 2. The molecule has 272 valence electrons. The second-order valence-electron chi connectivity index (χ2n) is 13.0. The molecule has 0 spiro atoms. The van der Waals surface area contributed by atoms with Gasteiger partial charge in [-0.2, -0.15) is 8.78 Å². The molecule has 52 heavy (non-hydrogen) atoms. The number of fused-ring (bicyclic) bond motifs is 4. The van der Waals surface area contributed by atoms with Gasteiger partial charge >= 0.3 is 0 Å². The van der Waals surface area contributed by atoms with Gasteiger partial charge in [-0.1, -0.05) is 46.4 Å². The molecule has 4 aromatic rings. The van der Waals surface area contributed by atoms with Gasteiger partial charge in [0, 0.05) is 48.4 Å². The number of hydrogen-bond acceptors (Lipinski definition) is 8. The van der Waals surface area contributed by atoms with Gasteiger partial charge in [0.25, 0.3) is 0 Å². The van der Waals surface area contributed by atoms with Crippen LogP contribution in [0, 0.1) is 23.7 Å². The Morgan fingerprint density at radius 1 is 0.635 bits per heavy atom. The fraction of sp³-hybridized carbons (Fsp3) is 0.333. The van der Waals surface area contributed by atoms with E-state index in [0.29, 0.717) is 55.4 Å². The summed E-state index contributed by atoms with van der Waals surface area (Å²) in [5.74, 6) is -3.84. The number of hydrogen-bond donors (Lipinski definition) is 4. The lowest BCUT2D eigenvalue weighted by Crippen LogP contribution is -2.41. The van der Waals surface area contributed by atoms with Crippen LogP contribution in [0.4, 0.5) is 20.2 Å². The molecule has 2 amide bonds. The molecule has 16 heteroatoms. The molecule has 2 aromatic heterocycles. The third-order valence-electron chi connectivity index (χ3n) is 9.90. The molecule has 10 nitrogen and oxygen atoms in total. The number of ether oxygens (including phenoxy) is 2. The maximum Gasteiger partial charge on any atom is 0.230 e. The standard InChI is InChI=1S/2C18H15Cl2FN2O3/c2*19-10-2-1-9(6-11(10)20)23-18(25)16-13-7-12(24)17(26-13)15(16)8-3-4-22-14(21)5-8/h2*1-6,12-13,15-17,24H,7H2,(H,23,25)/t2*12-,13+,15+,16-,17-/m10/s1. The van der Waals surface area contributed by atoms with Gasteiger partial charge in [0.05, 0.1) is 68.6 Å². The Morgan fingerprint density at radius 3 is 1.40 bits per heavy atom. The number of nitrogens with zero attached hydrogens (tertiary/aromatic N) is 2. The zero-order chi connectivity index (χ0) is 36.8. The molecule has 6 heterocycles. The van der Waals surface area contributed by atoms with Crippen LogP contribution in [0.25, 0.3) is 0 Å². The highest BCUT2D eigenvalue weighted by Gasteiger charge is 2.58. The van der Waals surface area contributed by atoms with Gasteiger partial charge in [0.15, 0.2) is 0 Å². The number of rotatable bonds is 6. The number of anilines is 2. The topological polar surface area (TPSA) is 143 Å². The second kappa shape index (κ2) is 15.1. The average molecular weight is 794 g/mol. The summed E-state index contributed by atoms with van der Waals surface area (Å²) in [6.07, 6.45) is 0.0947. The van der Waals surface area contributed by atoms with E-state index in [1.54, 1.807) is 48.5 Å². The van der Waals surface area contributed by atoms with E-state index >= 15 is 0 Å². The summed E-state index contributed by atoms with van der Waals surface area (Å²) in [4.78, 5) is 32.9. The molecule has 4 N–H and O–H groups in total. The number of carbonyl (C=O) groups is 2. The summed E-state index contributed by atoms with van der Waals surface area (Å²) in [7, 11) is 0. The lowest BCUT2D eigenvalue weighted by Gasteiger charge is -2.30. The predicted octanol–water partition coefficient (Wildman–Crippen LogP) is 6.80. The molecule has 2 aromatic carbocycles. The highest BCUT2D eigenvalue weighted by atomic mass is 35.5. The van der Waals surface area contributed by atoms with Crippen LogP contribution in [0.2, 0.25) is 20.1 Å². The number of benzene rings is 2. The van der Waals surface area contributed by atoms with Crippen molar-refractivity contribution >= 4 is 69.6 Å². The van der Waals surface area contributed by atoms with Crippen LogP contribution in [0.5, 0.6) is 0 Å². The van der Waals surface area contributed by atoms with Crippen LogP contribution in [0.15, 0.2) is 73.1 Å². The van der Waals surface area contributed by atoms with Crippen molar-refractivity contribution in [3.05, 3.63) is 116 Å².